The van der Waals surface area contributed by atoms with Crippen LogP contribution in [-0.4, -0.2) is 39.1 Å². The summed E-state index contributed by atoms with van der Waals surface area (Å²) in [5.74, 6) is -0.351. The van der Waals surface area contributed by atoms with Crippen LogP contribution in [0.25, 0.3) is 0 Å². The lowest BCUT2D eigenvalue weighted by atomic mass is 10.1. The average molecular weight is 339 g/mol. The molecule has 128 valence electrons. The zero-order valence-corrected chi connectivity index (χ0v) is 13.0. The Morgan fingerprint density at radius 2 is 1.92 bits per heavy atom. The second-order valence-corrected chi connectivity index (χ2v) is 5.54. The predicted octanol–water partition coefficient (Wildman–Crippen LogP) is 2.64. The van der Waals surface area contributed by atoms with Crippen molar-refractivity contribution < 1.29 is 17.9 Å². The topological polar surface area (TPSA) is 64.0 Å². The van der Waals surface area contributed by atoms with Crippen LogP contribution < -0.4 is 9.64 Å². The van der Waals surface area contributed by atoms with Crippen LogP contribution in [0.15, 0.2) is 24.7 Å². The third-order valence-corrected chi connectivity index (χ3v) is 3.69. The third-order valence-electron chi connectivity index (χ3n) is 3.69. The SMILES string of the molecule is Cc1cc(N2CCC(Oc3cnccn3)CC2)nc(C(F)(F)F)n1. The lowest BCUT2D eigenvalue weighted by Gasteiger charge is -2.32. The van der Waals surface area contributed by atoms with E-state index in [1.807, 2.05) is 4.90 Å². The number of hydrogen-bond acceptors (Lipinski definition) is 6. The minimum absolute atomic E-state index is 0.0389. The second kappa shape index (κ2) is 6.58. The molecule has 6 nitrogen and oxygen atoms in total. The number of nitrogens with zero attached hydrogens (tertiary/aromatic N) is 5. The molecule has 1 aliphatic heterocycles. The van der Waals surface area contributed by atoms with Crippen LogP contribution in [0.1, 0.15) is 24.4 Å². The molecule has 24 heavy (non-hydrogen) atoms. The molecule has 0 aromatic carbocycles. The summed E-state index contributed by atoms with van der Waals surface area (Å²) in [5.41, 5.74) is 0.297. The van der Waals surface area contributed by atoms with Crippen molar-refractivity contribution in [3.63, 3.8) is 0 Å². The summed E-state index contributed by atoms with van der Waals surface area (Å²) < 4.78 is 44.3. The van der Waals surface area contributed by atoms with Gasteiger partial charge in [-0.15, -0.1) is 0 Å². The molecule has 3 rings (SSSR count). The van der Waals surface area contributed by atoms with Gasteiger partial charge in [-0.05, 0) is 6.92 Å². The van der Waals surface area contributed by atoms with E-state index in [-0.39, 0.29) is 6.10 Å². The highest BCUT2D eigenvalue weighted by molar-refractivity contribution is 5.40. The minimum Gasteiger partial charge on any atom is -0.473 e. The quantitative estimate of drug-likeness (QED) is 0.857. The van der Waals surface area contributed by atoms with Crippen molar-refractivity contribution in [1.29, 1.82) is 0 Å². The number of hydrogen-bond donors (Lipinski definition) is 0. The Bertz CT molecular complexity index is 687. The molecule has 0 N–H and O–H groups in total. The zero-order valence-electron chi connectivity index (χ0n) is 13.0. The van der Waals surface area contributed by atoms with E-state index in [1.54, 1.807) is 18.5 Å². The van der Waals surface area contributed by atoms with Crippen molar-refractivity contribution >= 4 is 5.82 Å². The first-order chi connectivity index (χ1) is 11.4. The second-order valence-electron chi connectivity index (χ2n) is 5.54. The number of aromatic nitrogens is 4. The van der Waals surface area contributed by atoms with Crippen molar-refractivity contribution in [1.82, 2.24) is 19.9 Å². The van der Waals surface area contributed by atoms with Crippen molar-refractivity contribution in [3.8, 4) is 5.88 Å². The zero-order chi connectivity index (χ0) is 17.2. The van der Waals surface area contributed by atoms with Gasteiger partial charge in [0, 0.05) is 50.1 Å². The first-order valence-corrected chi connectivity index (χ1v) is 7.52. The van der Waals surface area contributed by atoms with Crippen LogP contribution in [0.3, 0.4) is 0 Å². The molecule has 0 radical (unpaired) electrons. The molecule has 0 saturated carbocycles. The van der Waals surface area contributed by atoms with Gasteiger partial charge < -0.3 is 9.64 Å². The van der Waals surface area contributed by atoms with Gasteiger partial charge in [0.15, 0.2) is 0 Å². The van der Waals surface area contributed by atoms with Crippen molar-refractivity contribution in [2.45, 2.75) is 32.0 Å². The largest absolute Gasteiger partial charge is 0.473 e. The van der Waals surface area contributed by atoms with Gasteiger partial charge in [0.2, 0.25) is 11.7 Å². The van der Waals surface area contributed by atoms with Gasteiger partial charge in [-0.25, -0.2) is 15.0 Å². The van der Waals surface area contributed by atoms with E-state index in [0.717, 1.165) is 0 Å². The van der Waals surface area contributed by atoms with Crippen molar-refractivity contribution in [2.75, 3.05) is 18.0 Å². The molecule has 1 saturated heterocycles. The molecule has 0 spiro atoms. The molecule has 2 aromatic heterocycles. The molecule has 0 bridgehead atoms. The van der Waals surface area contributed by atoms with E-state index in [1.165, 1.54) is 13.1 Å². The molecule has 0 aliphatic carbocycles. The summed E-state index contributed by atoms with van der Waals surface area (Å²) in [6, 6.07) is 1.57. The third kappa shape index (κ3) is 3.90. The van der Waals surface area contributed by atoms with E-state index >= 15 is 0 Å². The fourth-order valence-corrected chi connectivity index (χ4v) is 2.56. The van der Waals surface area contributed by atoms with Crippen LogP contribution in [0.5, 0.6) is 5.88 Å². The summed E-state index contributed by atoms with van der Waals surface area (Å²) in [4.78, 5) is 16.9. The fourth-order valence-electron chi connectivity index (χ4n) is 2.56. The number of piperidine rings is 1. The Hall–Kier alpha value is -2.45. The Labute approximate surface area is 136 Å². The molecule has 0 unspecified atom stereocenters. The molecule has 0 atom stereocenters. The highest BCUT2D eigenvalue weighted by Crippen LogP contribution is 2.29. The number of alkyl halides is 3. The Morgan fingerprint density at radius 1 is 1.17 bits per heavy atom. The van der Waals surface area contributed by atoms with Gasteiger partial charge in [0.05, 0.1) is 6.20 Å². The molecule has 3 heterocycles. The van der Waals surface area contributed by atoms with Crippen LogP contribution in [0.4, 0.5) is 19.0 Å². The lowest BCUT2D eigenvalue weighted by Crippen LogP contribution is -2.39. The van der Waals surface area contributed by atoms with Gasteiger partial charge in [-0.1, -0.05) is 0 Å². The van der Waals surface area contributed by atoms with E-state index in [4.69, 9.17) is 4.74 Å². The molecule has 9 heteroatoms. The van der Waals surface area contributed by atoms with E-state index in [2.05, 4.69) is 19.9 Å². The van der Waals surface area contributed by atoms with Crippen LogP contribution in [-0.2, 0) is 6.18 Å². The Balaban J connectivity index is 1.65. The number of rotatable bonds is 3. The summed E-state index contributed by atoms with van der Waals surface area (Å²) in [6.07, 6.45) is 1.40. The van der Waals surface area contributed by atoms with Crippen LogP contribution in [0.2, 0.25) is 0 Å². The maximum atomic E-state index is 12.8. The van der Waals surface area contributed by atoms with E-state index in [0.29, 0.717) is 43.3 Å². The monoisotopic (exact) mass is 339 g/mol. The number of anilines is 1. The first-order valence-electron chi connectivity index (χ1n) is 7.52. The molecular formula is C15H16F3N5O. The normalized spacial score (nSPS) is 16.2. The summed E-state index contributed by atoms with van der Waals surface area (Å²) >= 11 is 0. The van der Waals surface area contributed by atoms with Gasteiger partial charge >= 0.3 is 6.18 Å². The van der Waals surface area contributed by atoms with Gasteiger partial charge in [0.1, 0.15) is 11.9 Å². The van der Waals surface area contributed by atoms with Crippen LogP contribution >= 0.6 is 0 Å². The van der Waals surface area contributed by atoms with Crippen LogP contribution in [0, 0.1) is 6.92 Å². The Morgan fingerprint density at radius 3 is 2.54 bits per heavy atom. The van der Waals surface area contributed by atoms with Gasteiger partial charge in [-0.3, -0.25) is 4.98 Å². The predicted molar refractivity (Wildman–Crippen MR) is 79.7 cm³/mol. The number of halogens is 3. The molecule has 1 fully saturated rings. The highest BCUT2D eigenvalue weighted by Gasteiger charge is 2.35. The van der Waals surface area contributed by atoms with Gasteiger partial charge in [0.25, 0.3) is 0 Å². The molecule has 2 aromatic rings. The summed E-state index contributed by atoms with van der Waals surface area (Å²) in [6.45, 7) is 2.64. The lowest BCUT2D eigenvalue weighted by molar-refractivity contribution is -0.145. The Kier molecular flexibility index (Phi) is 4.50. The molecular weight excluding hydrogens is 323 g/mol. The standard InChI is InChI=1S/C15H16F3N5O/c1-10-8-12(22-14(21-10)15(16,17)18)23-6-2-11(3-7-23)24-13-9-19-4-5-20-13/h4-5,8-9,11H,2-3,6-7H2,1H3. The molecule has 1 aliphatic rings. The van der Waals surface area contributed by atoms with Crippen molar-refractivity contribution in [2.24, 2.45) is 0 Å². The van der Waals surface area contributed by atoms with Crippen molar-refractivity contribution in [3.05, 3.63) is 36.2 Å². The summed E-state index contributed by atoms with van der Waals surface area (Å²) in [7, 11) is 0. The van der Waals surface area contributed by atoms with Gasteiger partial charge in [-0.2, -0.15) is 13.2 Å². The van der Waals surface area contributed by atoms with E-state index in [9.17, 15) is 13.2 Å². The smallest absolute Gasteiger partial charge is 0.451 e. The molecule has 0 amide bonds. The fraction of sp³-hybridized carbons (Fsp3) is 0.467. The minimum atomic E-state index is -4.55. The number of ether oxygens (including phenoxy) is 1. The maximum absolute atomic E-state index is 12.8. The summed E-state index contributed by atoms with van der Waals surface area (Å²) in [5, 5.41) is 0. The van der Waals surface area contributed by atoms with E-state index < -0.39 is 12.0 Å². The average Bonchev–Trinajstić information content (AvgIpc) is 2.55. The number of aryl methyl sites for hydroxylation is 1. The highest BCUT2D eigenvalue weighted by atomic mass is 19.4. The first kappa shape index (κ1) is 16.4. The maximum Gasteiger partial charge on any atom is 0.451 e.